The maximum absolute atomic E-state index is 11.5. The summed E-state index contributed by atoms with van der Waals surface area (Å²) < 4.78 is 0.873. The fourth-order valence-electron chi connectivity index (χ4n) is 3.73. The third-order valence-corrected chi connectivity index (χ3v) is 5.18. The first kappa shape index (κ1) is 14.8. The van der Waals surface area contributed by atoms with Gasteiger partial charge in [-0.3, -0.25) is 15.0 Å². The molecular weight excluding hydrogens is 364 g/mol. The quantitative estimate of drug-likeness (QED) is 0.759. The predicted octanol–water partition coefficient (Wildman–Crippen LogP) is 0.163. The summed E-state index contributed by atoms with van der Waals surface area (Å²) in [6.07, 6.45) is 3.67. The molecule has 4 heterocycles. The molecule has 3 aliphatic heterocycles. The number of urea groups is 1. The van der Waals surface area contributed by atoms with E-state index in [0.29, 0.717) is 18.3 Å². The van der Waals surface area contributed by atoms with Crippen LogP contribution in [0.3, 0.4) is 0 Å². The number of anilines is 1. The first-order valence-corrected chi connectivity index (χ1v) is 8.44. The Bertz CT molecular complexity index is 609. The van der Waals surface area contributed by atoms with Crippen LogP contribution in [0, 0.1) is 11.8 Å². The largest absolute Gasteiger partial charge is 0.340 e. The smallest absolute Gasteiger partial charge is 0.322 e. The third kappa shape index (κ3) is 2.90. The molecule has 2 N–H and O–H groups in total. The highest BCUT2D eigenvalue weighted by atomic mass is 79.9. The van der Waals surface area contributed by atoms with Gasteiger partial charge in [0.2, 0.25) is 11.9 Å². The molecule has 3 unspecified atom stereocenters. The molecule has 23 heavy (non-hydrogen) atoms. The molecule has 1 aromatic heterocycles. The first-order chi connectivity index (χ1) is 11.1. The number of carbonyl (C=O) groups excluding carboxylic acids is 2. The van der Waals surface area contributed by atoms with Gasteiger partial charge in [-0.05, 0) is 27.8 Å². The molecule has 8 nitrogen and oxygen atoms in total. The van der Waals surface area contributed by atoms with Crippen molar-refractivity contribution < 1.29 is 9.59 Å². The number of nitrogens with zero attached hydrogens (tertiary/aromatic N) is 4. The Morgan fingerprint density at radius 1 is 1.09 bits per heavy atom. The van der Waals surface area contributed by atoms with Crippen molar-refractivity contribution in [1.82, 2.24) is 25.5 Å². The molecule has 4 rings (SSSR count). The highest BCUT2D eigenvalue weighted by Gasteiger charge is 2.44. The number of likely N-dealkylation sites (tertiary alicyclic amines) is 1. The molecule has 0 radical (unpaired) electrons. The van der Waals surface area contributed by atoms with Gasteiger partial charge >= 0.3 is 6.03 Å². The highest BCUT2D eigenvalue weighted by Crippen LogP contribution is 2.34. The Labute approximate surface area is 141 Å². The van der Waals surface area contributed by atoms with Crippen LogP contribution in [0.5, 0.6) is 0 Å². The van der Waals surface area contributed by atoms with Crippen LogP contribution in [0.1, 0.15) is 6.42 Å². The van der Waals surface area contributed by atoms with Gasteiger partial charge in [0.25, 0.3) is 0 Å². The zero-order valence-electron chi connectivity index (χ0n) is 12.4. The molecule has 0 spiro atoms. The second-order valence-electron chi connectivity index (χ2n) is 6.32. The van der Waals surface area contributed by atoms with Gasteiger partial charge in [-0.25, -0.2) is 14.8 Å². The lowest BCUT2D eigenvalue weighted by molar-refractivity contribution is -0.122. The SMILES string of the molecule is O=C1CC(N2CC3CN(c4ncc(Br)cn4)CC3C2)NC(=O)N1. The van der Waals surface area contributed by atoms with E-state index < -0.39 is 6.03 Å². The number of hydrogen-bond donors (Lipinski definition) is 2. The van der Waals surface area contributed by atoms with Crippen molar-refractivity contribution in [2.24, 2.45) is 11.8 Å². The zero-order chi connectivity index (χ0) is 16.0. The summed E-state index contributed by atoms with van der Waals surface area (Å²) in [6, 6.07) is -0.395. The van der Waals surface area contributed by atoms with Gasteiger partial charge in [0, 0.05) is 38.6 Å². The van der Waals surface area contributed by atoms with E-state index in [-0.39, 0.29) is 12.1 Å². The lowest BCUT2D eigenvalue weighted by Crippen LogP contribution is -2.58. The number of fused-ring (bicyclic) bond motifs is 1. The van der Waals surface area contributed by atoms with Gasteiger partial charge in [-0.2, -0.15) is 0 Å². The van der Waals surface area contributed by atoms with Crippen molar-refractivity contribution in [1.29, 1.82) is 0 Å². The molecule has 122 valence electrons. The van der Waals surface area contributed by atoms with E-state index >= 15 is 0 Å². The number of hydrogen-bond acceptors (Lipinski definition) is 6. The van der Waals surface area contributed by atoms with E-state index in [1.807, 2.05) is 0 Å². The number of aromatic nitrogens is 2. The van der Waals surface area contributed by atoms with Crippen LogP contribution >= 0.6 is 15.9 Å². The van der Waals surface area contributed by atoms with E-state index in [2.05, 4.69) is 46.3 Å². The van der Waals surface area contributed by atoms with Crippen LogP contribution in [0.15, 0.2) is 16.9 Å². The van der Waals surface area contributed by atoms with Crippen molar-refractivity contribution in [3.63, 3.8) is 0 Å². The fraction of sp³-hybridized carbons (Fsp3) is 0.571. The molecule has 3 saturated heterocycles. The monoisotopic (exact) mass is 380 g/mol. The van der Waals surface area contributed by atoms with E-state index in [4.69, 9.17) is 0 Å². The first-order valence-electron chi connectivity index (χ1n) is 7.65. The van der Waals surface area contributed by atoms with E-state index in [1.54, 1.807) is 12.4 Å². The van der Waals surface area contributed by atoms with Crippen molar-refractivity contribution in [3.05, 3.63) is 16.9 Å². The molecule has 0 saturated carbocycles. The Morgan fingerprint density at radius 3 is 2.35 bits per heavy atom. The lowest BCUT2D eigenvalue weighted by Gasteiger charge is -2.32. The lowest BCUT2D eigenvalue weighted by atomic mass is 10.0. The number of halogens is 1. The second-order valence-corrected chi connectivity index (χ2v) is 7.24. The van der Waals surface area contributed by atoms with Crippen LogP contribution in [0.25, 0.3) is 0 Å². The van der Waals surface area contributed by atoms with Gasteiger partial charge in [-0.15, -0.1) is 0 Å². The standard InChI is InChI=1S/C14H17BrN6O2/c15-10-2-16-13(17-3-10)21-6-8-4-20(5-9(8)7-21)11-1-12(22)19-14(23)18-11/h2-3,8-9,11H,1,4-7H2,(H2,18,19,22,23). The predicted molar refractivity (Wildman–Crippen MR) is 85.6 cm³/mol. The van der Waals surface area contributed by atoms with Crippen molar-refractivity contribution in [3.8, 4) is 0 Å². The molecule has 0 bridgehead atoms. The fourth-order valence-corrected chi connectivity index (χ4v) is 3.93. The molecule has 3 amide bonds. The van der Waals surface area contributed by atoms with Crippen LogP contribution in [0.4, 0.5) is 10.7 Å². The summed E-state index contributed by atoms with van der Waals surface area (Å²) >= 11 is 3.35. The molecule has 0 aliphatic carbocycles. The van der Waals surface area contributed by atoms with Gasteiger partial charge in [-0.1, -0.05) is 0 Å². The summed E-state index contributed by atoms with van der Waals surface area (Å²) in [5.74, 6) is 1.59. The molecule has 1 aromatic rings. The van der Waals surface area contributed by atoms with E-state index in [9.17, 15) is 9.59 Å². The molecular formula is C14H17BrN6O2. The Kier molecular flexibility index (Phi) is 3.68. The van der Waals surface area contributed by atoms with Gasteiger partial charge in [0.15, 0.2) is 0 Å². The molecule has 3 fully saturated rings. The van der Waals surface area contributed by atoms with Crippen molar-refractivity contribution in [2.45, 2.75) is 12.6 Å². The zero-order valence-corrected chi connectivity index (χ0v) is 14.0. The molecule has 9 heteroatoms. The Balaban J connectivity index is 1.39. The van der Waals surface area contributed by atoms with Crippen LogP contribution < -0.4 is 15.5 Å². The minimum Gasteiger partial charge on any atom is -0.340 e. The number of amides is 3. The molecule has 0 aromatic carbocycles. The summed E-state index contributed by atoms with van der Waals surface area (Å²) in [4.78, 5) is 36.1. The average molecular weight is 381 g/mol. The minimum absolute atomic E-state index is 0.181. The van der Waals surface area contributed by atoms with Crippen LogP contribution in [-0.4, -0.2) is 59.2 Å². The maximum atomic E-state index is 11.5. The summed E-state index contributed by atoms with van der Waals surface area (Å²) in [6.45, 7) is 3.59. The Hall–Kier alpha value is -1.74. The summed E-state index contributed by atoms with van der Waals surface area (Å²) in [7, 11) is 0. The van der Waals surface area contributed by atoms with Gasteiger partial charge in [0.05, 0.1) is 17.1 Å². The van der Waals surface area contributed by atoms with E-state index in [0.717, 1.165) is 36.6 Å². The van der Waals surface area contributed by atoms with Crippen LogP contribution in [0.2, 0.25) is 0 Å². The summed E-state index contributed by atoms with van der Waals surface area (Å²) in [5, 5.41) is 5.11. The third-order valence-electron chi connectivity index (χ3n) is 4.77. The topological polar surface area (TPSA) is 90.5 Å². The maximum Gasteiger partial charge on any atom is 0.322 e. The minimum atomic E-state index is -0.395. The Morgan fingerprint density at radius 2 is 1.74 bits per heavy atom. The van der Waals surface area contributed by atoms with Crippen LogP contribution in [-0.2, 0) is 4.79 Å². The number of carbonyl (C=O) groups is 2. The molecule has 3 atom stereocenters. The summed E-state index contributed by atoms with van der Waals surface area (Å²) in [5.41, 5.74) is 0. The number of nitrogens with one attached hydrogen (secondary N) is 2. The van der Waals surface area contributed by atoms with Gasteiger partial charge in [0.1, 0.15) is 0 Å². The van der Waals surface area contributed by atoms with E-state index in [1.165, 1.54) is 0 Å². The second kappa shape index (κ2) is 5.72. The highest BCUT2D eigenvalue weighted by molar-refractivity contribution is 9.10. The number of imide groups is 1. The average Bonchev–Trinajstić information content (AvgIpc) is 3.05. The van der Waals surface area contributed by atoms with Crippen molar-refractivity contribution in [2.75, 3.05) is 31.1 Å². The van der Waals surface area contributed by atoms with Crippen molar-refractivity contribution >= 4 is 33.8 Å². The normalized spacial score (nSPS) is 31.0. The number of rotatable bonds is 2. The van der Waals surface area contributed by atoms with Gasteiger partial charge < -0.3 is 10.2 Å². The molecule has 3 aliphatic rings.